The number of hydrogen-bond acceptors (Lipinski definition) is 3. The Kier molecular flexibility index (Phi) is 6.66. The van der Waals surface area contributed by atoms with Crippen molar-refractivity contribution in [2.45, 2.75) is 75.4 Å². The Balaban J connectivity index is 1.18. The molecule has 0 unspecified atom stereocenters. The Labute approximate surface area is 176 Å². The highest BCUT2D eigenvalue weighted by molar-refractivity contribution is 5.60. The van der Waals surface area contributed by atoms with Gasteiger partial charge in [0.15, 0.2) is 0 Å². The summed E-state index contributed by atoms with van der Waals surface area (Å²) in [6.07, 6.45) is 6.11. The van der Waals surface area contributed by atoms with Crippen LogP contribution in [-0.4, -0.2) is 18.4 Å². The molecule has 0 amide bonds. The molecular weight excluding hydrogens is 386 g/mol. The van der Waals surface area contributed by atoms with Crippen LogP contribution in [0.4, 0.5) is 13.6 Å². The van der Waals surface area contributed by atoms with Crippen LogP contribution < -0.4 is 0 Å². The first-order valence-electron chi connectivity index (χ1n) is 10.9. The molecule has 0 N–H and O–H groups in total. The Morgan fingerprint density at radius 3 is 1.27 bits per heavy atom. The summed E-state index contributed by atoms with van der Waals surface area (Å²) in [6, 6.07) is 13.4. The van der Waals surface area contributed by atoms with Crippen LogP contribution >= 0.6 is 0 Å². The van der Waals surface area contributed by atoms with E-state index in [1.165, 1.54) is 24.3 Å². The Hall–Kier alpha value is -2.43. The molecule has 0 aromatic heterocycles. The van der Waals surface area contributed by atoms with Crippen molar-refractivity contribution in [3.8, 4) is 0 Å². The quantitative estimate of drug-likeness (QED) is 0.512. The fourth-order valence-electron chi connectivity index (χ4n) is 4.80. The van der Waals surface area contributed by atoms with Gasteiger partial charge in [-0.1, -0.05) is 24.3 Å². The lowest BCUT2D eigenvalue weighted by Gasteiger charge is -2.30. The van der Waals surface area contributed by atoms with Gasteiger partial charge in [0.2, 0.25) is 0 Å². The fraction of sp³-hybridized carbons (Fsp3) is 0.480. The normalized spacial score (nSPS) is 26.7. The molecule has 0 bridgehead atoms. The third-order valence-corrected chi connectivity index (χ3v) is 6.56. The molecular formula is C25H28F2O3. The minimum atomic E-state index is -0.564. The number of halogens is 2. The maximum Gasteiger partial charge on any atom is 0.508 e. The van der Waals surface area contributed by atoms with E-state index in [1.807, 2.05) is 24.3 Å². The van der Waals surface area contributed by atoms with E-state index in [0.29, 0.717) is 11.8 Å². The van der Waals surface area contributed by atoms with Crippen LogP contribution in [-0.2, 0) is 9.47 Å². The van der Waals surface area contributed by atoms with Crippen LogP contribution in [0.2, 0.25) is 0 Å². The lowest BCUT2D eigenvalue weighted by atomic mass is 9.82. The van der Waals surface area contributed by atoms with Crippen LogP contribution in [0.5, 0.6) is 0 Å². The van der Waals surface area contributed by atoms with Gasteiger partial charge in [0.25, 0.3) is 0 Å². The van der Waals surface area contributed by atoms with E-state index < -0.39 is 6.16 Å². The van der Waals surface area contributed by atoms with Gasteiger partial charge >= 0.3 is 6.16 Å². The molecule has 2 fully saturated rings. The summed E-state index contributed by atoms with van der Waals surface area (Å²) in [6.45, 7) is 0. The van der Waals surface area contributed by atoms with Crippen molar-refractivity contribution >= 4 is 6.16 Å². The average Bonchev–Trinajstić information content (AvgIpc) is 2.76. The first-order chi connectivity index (χ1) is 14.6. The maximum absolute atomic E-state index is 13.1. The molecule has 5 heteroatoms. The summed E-state index contributed by atoms with van der Waals surface area (Å²) in [5.41, 5.74) is 2.30. The van der Waals surface area contributed by atoms with Gasteiger partial charge in [-0.05, 0) is 98.6 Å². The number of benzene rings is 2. The highest BCUT2D eigenvalue weighted by Gasteiger charge is 2.28. The third-order valence-electron chi connectivity index (χ3n) is 6.56. The summed E-state index contributed by atoms with van der Waals surface area (Å²) in [4.78, 5) is 12.2. The second-order valence-corrected chi connectivity index (χ2v) is 8.54. The smallest absolute Gasteiger partial charge is 0.431 e. The molecule has 0 radical (unpaired) electrons. The van der Waals surface area contributed by atoms with Crippen LogP contribution in [0.3, 0.4) is 0 Å². The summed E-state index contributed by atoms with van der Waals surface area (Å²) in [7, 11) is 0. The van der Waals surface area contributed by atoms with Crippen LogP contribution in [0.15, 0.2) is 48.5 Å². The van der Waals surface area contributed by atoms with Gasteiger partial charge in [-0.3, -0.25) is 0 Å². The van der Waals surface area contributed by atoms with Gasteiger partial charge in [-0.25, -0.2) is 13.6 Å². The molecule has 4 rings (SSSR count). The summed E-state index contributed by atoms with van der Waals surface area (Å²) in [5, 5.41) is 0. The van der Waals surface area contributed by atoms with E-state index in [1.54, 1.807) is 0 Å². The molecule has 2 saturated carbocycles. The minimum Gasteiger partial charge on any atom is -0.431 e. The largest absolute Gasteiger partial charge is 0.508 e. The van der Waals surface area contributed by atoms with Crippen LogP contribution in [0.1, 0.15) is 74.3 Å². The Morgan fingerprint density at radius 1 is 0.600 bits per heavy atom. The molecule has 160 valence electrons. The predicted octanol–water partition coefficient (Wildman–Crippen LogP) is 6.87. The van der Waals surface area contributed by atoms with Crippen LogP contribution in [0.25, 0.3) is 0 Å². The molecule has 2 aromatic carbocycles. The van der Waals surface area contributed by atoms with Gasteiger partial charge in [0, 0.05) is 0 Å². The second kappa shape index (κ2) is 9.59. The molecule has 0 aliphatic heterocycles. The molecule has 2 aliphatic carbocycles. The van der Waals surface area contributed by atoms with E-state index in [2.05, 4.69) is 0 Å². The van der Waals surface area contributed by atoms with Crippen molar-refractivity contribution in [3.63, 3.8) is 0 Å². The van der Waals surface area contributed by atoms with Crippen molar-refractivity contribution in [1.82, 2.24) is 0 Å². The van der Waals surface area contributed by atoms with Crippen molar-refractivity contribution in [2.75, 3.05) is 0 Å². The van der Waals surface area contributed by atoms with E-state index in [9.17, 15) is 13.6 Å². The fourth-order valence-corrected chi connectivity index (χ4v) is 4.80. The summed E-state index contributed by atoms with van der Waals surface area (Å²) in [5.74, 6) is 0.349. The van der Waals surface area contributed by atoms with E-state index in [4.69, 9.17) is 9.47 Å². The van der Waals surface area contributed by atoms with Crippen molar-refractivity contribution < 1.29 is 23.0 Å². The maximum atomic E-state index is 13.1. The van der Waals surface area contributed by atoms with Gasteiger partial charge in [0.1, 0.15) is 23.8 Å². The molecule has 3 nitrogen and oxygen atoms in total. The van der Waals surface area contributed by atoms with Gasteiger partial charge in [-0.2, -0.15) is 0 Å². The van der Waals surface area contributed by atoms with Gasteiger partial charge in [0.05, 0.1) is 0 Å². The predicted molar refractivity (Wildman–Crippen MR) is 110 cm³/mol. The average molecular weight is 414 g/mol. The first kappa shape index (κ1) is 20.8. The zero-order valence-corrected chi connectivity index (χ0v) is 17.1. The highest BCUT2D eigenvalue weighted by atomic mass is 19.1. The number of rotatable bonds is 4. The van der Waals surface area contributed by atoms with Crippen molar-refractivity contribution in [3.05, 3.63) is 71.3 Å². The van der Waals surface area contributed by atoms with E-state index in [0.717, 1.165) is 62.5 Å². The lowest BCUT2D eigenvalue weighted by Crippen LogP contribution is -2.28. The number of hydrogen-bond donors (Lipinski definition) is 0. The molecule has 0 spiro atoms. The number of ether oxygens (including phenoxy) is 2. The molecule has 0 atom stereocenters. The standard InChI is InChI=1S/C25H28F2O3/c26-21-9-1-17(2-10-21)19-5-13-23(14-6-19)29-25(28)30-24-15-7-20(8-16-24)18-3-11-22(27)12-4-18/h1-4,9-12,19-20,23-24H,5-8,13-16H2. The first-order valence-corrected chi connectivity index (χ1v) is 10.9. The molecule has 30 heavy (non-hydrogen) atoms. The van der Waals surface area contributed by atoms with Crippen LogP contribution in [0, 0.1) is 11.6 Å². The molecule has 2 aromatic rings. The topological polar surface area (TPSA) is 35.5 Å². The highest BCUT2D eigenvalue weighted by Crippen LogP contribution is 2.36. The Bertz CT molecular complexity index is 749. The zero-order valence-electron chi connectivity index (χ0n) is 17.1. The minimum absolute atomic E-state index is 0.107. The van der Waals surface area contributed by atoms with Gasteiger partial charge < -0.3 is 9.47 Å². The van der Waals surface area contributed by atoms with Crippen molar-refractivity contribution in [1.29, 1.82) is 0 Å². The number of carbonyl (C=O) groups excluding carboxylic acids is 1. The lowest BCUT2D eigenvalue weighted by molar-refractivity contribution is -0.0214. The second-order valence-electron chi connectivity index (χ2n) is 8.54. The molecule has 2 aliphatic rings. The Morgan fingerprint density at radius 2 is 0.933 bits per heavy atom. The SMILES string of the molecule is O=C(OC1CCC(c2ccc(F)cc2)CC1)OC1CCC(c2ccc(F)cc2)CC1. The summed E-state index contributed by atoms with van der Waals surface area (Å²) >= 11 is 0. The van der Waals surface area contributed by atoms with E-state index >= 15 is 0 Å². The monoisotopic (exact) mass is 414 g/mol. The van der Waals surface area contributed by atoms with Crippen molar-refractivity contribution in [2.24, 2.45) is 0 Å². The van der Waals surface area contributed by atoms with Gasteiger partial charge in [-0.15, -0.1) is 0 Å². The van der Waals surface area contributed by atoms with E-state index in [-0.39, 0.29) is 23.8 Å². The molecule has 0 heterocycles. The third kappa shape index (κ3) is 5.38. The zero-order chi connectivity index (χ0) is 20.9. The molecule has 0 saturated heterocycles. The number of carbonyl (C=O) groups is 1. The summed E-state index contributed by atoms with van der Waals surface area (Å²) < 4.78 is 37.3.